The molecule has 0 radical (unpaired) electrons. The highest BCUT2D eigenvalue weighted by Crippen LogP contribution is 2.22. The number of amides is 4. The van der Waals surface area contributed by atoms with E-state index in [0.717, 1.165) is 5.56 Å². The summed E-state index contributed by atoms with van der Waals surface area (Å²) in [6.07, 6.45) is 0.406. The fourth-order valence-corrected chi connectivity index (χ4v) is 4.68. The predicted octanol–water partition coefficient (Wildman–Crippen LogP) is 2.26. The molecule has 1 saturated heterocycles. The van der Waals surface area contributed by atoms with Gasteiger partial charge in [0, 0.05) is 37.2 Å². The summed E-state index contributed by atoms with van der Waals surface area (Å²) in [5.74, 6) is -3.55. The van der Waals surface area contributed by atoms with Gasteiger partial charge in [0.25, 0.3) is 5.69 Å². The van der Waals surface area contributed by atoms with Crippen LogP contribution in [0.4, 0.5) is 11.4 Å². The Balaban J connectivity index is 1.75. The van der Waals surface area contributed by atoms with Crippen LogP contribution in [0, 0.1) is 16.0 Å². The highest BCUT2D eigenvalue weighted by atomic mass is 16.6. The molecule has 0 spiro atoms. The van der Waals surface area contributed by atoms with Crippen molar-refractivity contribution in [3.8, 4) is 0 Å². The van der Waals surface area contributed by atoms with Crippen molar-refractivity contribution in [1.82, 2.24) is 15.5 Å². The van der Waals surface area contributed by atoms with Gasteiger partial charge in [-0.05, 0) is 36.5 Å². The number of nitrogens with one attached hydrogen (secondary N) is 3. The van der Waals surface area contributed by atoms with Crippen molar-refractivity contribution in [3.05, 3.63) is 70.3 Å². The van der Waals surface area contributed by atoms with Crippen LogP contribution in [0.15, 0.2) is 54.6 Å². The van der Waals surface area contributed by atoms with Crippen LogP contribution in [0.1, 0.15) is 45.1 Å². The Kier molecular flexibility index (Phi) is 11.1. The minimum absolute atomic E-state index is 0.133. The number of carbonyl (C=O) groups is 5. The summed E-state index contributed by atoms with van der Waals surface area (Å²) in [5, 5.41) is 27.9. The van der Waals surface area contributed by atoms with Gasteiger partial charge in [0.2, 0.25) is 23.6 Å². The lowest BCUT2D eigenvalue weighted by Crippen LogP contribution is -2.57. The molecule has 42 heavy (non-hydrogen) atoms. The predicted molar refractivity (Wildman–Crippen MR) is 152 cm³/mol. The fraction of sp³-hybridized carbons (Fsp3) is 0.414. The number of aliphatic carboxylic acids is 1. The van der Waals surface area contributed by atoms with E-state index in [4.69, 9.17) is 5.11 Å². The van der Waals surface area contributed by atoms with E-state index in [1.54, 1.807) is 26.0 Å². The van der Waals surface area contributed by atoms with Gasteiger partial charge in [-0.2, -0.15) is 0 Å². The van der Waals surface area contributed by atoms with E-state index in [1.165, 1.54) is 29.2 Å². The first kappa shape index (κ1) is 31.7. The molecule has 0 saturated carbocycles. The summed E-state index contributed by atoms with van der Waals surface area (Å²) >= 11 is 0. The Bertz CT molecular complexity index is 1300. The summed E-state index contributed by atoms with van der Waals surface area (Å²) in [5.41, 5.74) is 0.963. The van der Waals surface area contributed by atoms with E-state index >= 15 is 0 Å². The lowest BCUT2D eigenvalue weighted by atomic mass is 10.0. The number of nitro groups is 1. The third kappa shape index (κ3) is 8.85. The highest BCUT2D eigenvalue weighted by Gasteiger charge is 2.39. The molecule has 13 heteroatoms. The third-order valence-corrected chi connectivity index (χ3v) is 6.91. The SMILES string of the molecule is CC(C)[C@H](NC(=O)CCC(=O)O)C(=O)N1CCC[C@H]1C(=O)N[C@@H](Cc1ccccc1)C(=O)Nc1ccc([N+](=O)[O-])cc1. The number of non-ortho nitro benzene ring substituents is 1. The number of nitrogens with zero attached hydrogens (tertiary/aromatic N) is 2. The first-order chi connectivity index (χ1) is 20.0. The van der Waals surface area contributed by atoms with Crippen molar-refractivity contribution in [3.63, 3.8) is 0 Å². The monoisotopic (exact) mass is 581 g/mol. The molecule has 1 fully saturated rings. The molecular formula is C29H35N5O8. The summed E-state index contributed by atoms with van der Waals surface area (Å²) in [6, 6.07) is 11.5. The molecular weight excluding hydrogens is 546 g/mol. The zero-order chi connectivity index (χ0) is 30.8. The van der Waals surface area contributed by atoms with Gasteiger partial charge in [-0.15, -0.1) is 0 Å². The van der Waals surface area contributed by atoms with Crippen molar-refractivity contribution in [1.29, 1.82) is 0 Å². The smallest absolute Gasteiger partial charge is 0.303 e. The molecule has 1 aliphatic heterocycles. The van der Waals surface area contributed by atoms with Crippen LogP contribution in [0.3, 0.4) is 0 Å². The van der Waals surface area contributed by atoms with Crippen LogP contribution >= 0.6 is 0 Å². The molecule has 0 bridgehead atoms. The molecule has 2 aromatic carbocycles. The lowest BCUT2D eigenvalue weighted by molar-refractivity contribution is -0.384. The number of carboxylic acids is 1. The molecule has 3 atom stereocenters. The van der Waals surface area contributed by atoms with E-state index in [9.17, 15) is 34.1 Å². The van der Waals surface area contributed by atoms with Gasteiger partial charge in [-0.25, -0.2) is 0 Å². The van der Waals surface area contributed by atoms with Crippen molar-refractivity contribution in [2.75, 3.05) is 11.9 Å². The molecule has 0 aliphatic carbocycles. The molecule has 3 rings (SSSR count). The quantitative estimate of drug-likeness (QED) is 0.205. The van der Waals surface area contributed by atoms with Crippen LogP contribution in [0.5, 0.6) is 0 Å². The van der Waals surface area contributed by atoms with Gasteiger partial charge < -0.3 is 26.0 Å². The third-order valence-electron chi connectivity index (χ3n) is 6.91. The van der Waals surface area contributed by atoms with Gasteiger partial charge in [0.1, 0.15) is 18.1 Å². The number of anilines is 1. The first-order valence-corrected chi connectivity index (χ1v) is 13.7. The summed E-state index contributed by atoms with van der Waals surface area (Å²) < 4.78 is 0. The number of hydrogen-bond donors (Lipinski definition) is 4. The van der Waals surface area contributed by atoms with E-state index in [1.807, 2.05) is 18.2 Å². The van der Waals surface area contributed by atoms with Crippen LogP contribution in [-0.4, -0.2) is 69.2 Å². The Morgan fingerprint density at radius 1 is 1.00 bits per heavy atom. The van der Waals surface area contributed by atoms with Crippen molar-refractivity contribution in [2.24, 2.45) is 5.92 Å². The Morgan fingerprint density at radius 2 is 1.67 bits per heavy atom. The second-order valence-electron chi connectivity index (χ2n) is 10.4. The van der Waals surface area contributed by atoms with Gasteiger partial charge in [-0.1, -0.05) is 44.2 Å². The number of benzene rings is 2. The highest BCUT2D eigenvalue weighted by molar-refractivity contribution is 5.99. The zero-order valence-corrected chi connectivity index (χ0v) is 23.4. The van der Waals surface area contributed by atoms with Crippen molar-refractivity contribution < 1.29 is 34.0 Å². The average Bonchev–Trinajstić information content (AvgIpc) is 3.45. The maximum atomic E-state index is 13.5. The number of carboxylic acid groups (broad SMARTS) is 1. The van der Waals surface area contributed by atoms with Crippen molar-refractivity contribution >= 4 is 41.0 Å². The Hall–Kier alpha value is -4.81. The largest absolute Gasteiger partial charge is 0.481 e. The van der Waals surface area contributed by atoms with Gasteiger partial charge in [0.15, 0.2) is 0 Å². The van der Waals surface area contributed by atoms with Crippen LogP contribution in [0.2, 0.25) is 0 Å². The Labute approximate surface area is 242 Å². The summed E-state index contributed by atoms with van der Waals surface area (Å²) in [4.78, 5) is 75.2. The lowest BCUT2D eigenvalue weighted by Gasteiger charge is -2.31. The minimum Gasteiger partial charge on any atom is -0.481 e. The number of rotatable bonds is 13. The second kappa shape index (κ2) is 14.7. The molecule has 224 valence electrons. The topological polar surface area (TPSA) is 188 Å². The molecule has 0 unspecified atom stereocenters. The van der Waals surface area contributed by atoms with Gasteiger partial charge >= 0.3 is 5.97 Å². The van der Waals surface area contributed by atoms with E-state index in [2.05, 4.69) is 16.0 Å². The number of hydrogen-bond acceptors (Lipinski definition) is 7. The zero-order valence-electron chi connectivity index (χ0n) is 23.4. The molecule has 4 N–H and O–H groups in total. The van der Waals surface area contributed by atoms with Crippen LogP contribution < -0.4 is 16.0 Å². The van der Waals surface area contributed by atoms with Crippen molar-refractivity contribution in [2.45, 2.75) is 64.1 Å². The average molecular weight is 582 g/mol. The maximum absolute atomic E-state index is 13.5. The van der Waals surface area contributed by atoms with E-state index < -0.39 is 52.6 Å². The first-order valence-electron chi connectivity index (χ1n) is 13.7. The van der Waals surface area contributed by atoms with Crippen LogP contribution in [0.25, 0.3) is 0 Å². The minimum atomic E-state index is -1.13. The fourth-order valence-electron chi connectivity index (χ4n) is 4.68. The van der Waals surface area contributed by atoms with Gasteiger partial charge in [0.05, 0.1) is 11.3 Å². The van der Waals surface area contributed by atoms with E-state index in [0.29, 0.717) is 18.5 Å². The normalized spacial score (nSPS) is 15.9. The summed E-state index contributed by atoms with van der Waals surface area (Å²) in [6.45, 7) is 3.76. The molecule has 1 heterocycles. The van der Waals surface area contributed by atoms with E-state index in [-0.39, 0.29) is 37.4 Å². The van der Waals surface area contributed by atoms with Crippen LogP contribution in [-0.2, 0) is 30.4 Å². The molecule has 13 nitrogen and oxygen atoms in total. The molecule has 1 aliphatic rings. The Morgan fingerprint density at radius 3 is 2.26 bits per heavy atom. The van der Waals surface area contributed by atoms with Gasteiger partial charge in [-0.3, -0.25) is 34.1 Å². The molecule has 4 amide bonds. The molecule has 0 aromatic heterocycles. The molecule has 2 aromatic rings. The maximum Gasteiger partial charge on any atom is 0.303 e. The number of nitro benzene ring substituents is 1. The summed E-state index contributed by atoms with van der Waals surface area (Å²) in [7, 11) is 0. The standard InChI is InChI=1S/C29H35N5O8/c1-18(2)26(32-24(35)14-15-25(36)37)29(40)33-16-6-9-23(33)28(39)31-22(17-19-7-4-3-5-8-19)27(38)30-20-10-12-21(13-11-20)34(41)42/h3-5,7-8,10-13,18,22-23,26H,6,9,14-17H2,1-2H3,(H,30,38)(H,31,39)(H,32,35)(H,36,37)/t22-,23-,26-/m0/s1. The number of likely N-dealkylation sites (tertiary alicyclic amines) is 1. The number of carbonyl (C=O) groups excluding carboxylic acids is 4. The second-order valence-corrected chi connectivity index (χ2v) is 10.4.